The second-order valence-corrected chi connectivity index (χ2v) is 10.5. The number of nitrogens with one attached hydrogen (secondary N) is 3. The Bertz CT molecular complexity index is 1700. The zero-order valence-electron chi connectivity index (χ0n) is 22.5. The minimum atomic E-state index is -0.333. The lowest BCUT2D eigenvalue weighted by Crippen LogP contribution is -2.20. The van der Waals surface area contributed by atoms with Gasteiger partial charge in [-0.2, -0.15) is 5.10 Å². The number of amides is 2. The standard InChI is InChI=1S/C32H26ClN5O3S/c1-21-4-2-3-5-28(21)36-30(39)19-41-27-16-6-22(7-17-27)18-34-38-31(40)24-10-8-23(9-11-24)29-20-42-32(37-29)35-26-14-12-25(33)13-15-26/h2-18,20H,19H2,1H3,(H,35,37)(H,36,39)(H,38,40)/b34-18-. The molecule has 1 heterocycles. The summed E-state index contributed by atoms with van der Waals surface area (Å²) < 4.78 is 5.57. The first kappa shape index (κ1) is 28.5. The number of benzene rings is 4. The van der Waals surface area contributed by atoms with Crippen LogP contribution in [0.15, 0.2) is 108 Å². The van der Waals surface area contributed by atoms with Crippen LogP contribution < -0.4 is 20.8 Å². The van der Waals surface area contributed by atoms with Crippen molar-refractivity contribution in [2.45, 2.75) is 6.92 Å². The van der Waals surface area contributed by atoms with Gasteiger partial charge in [-0.1, -0.05) is 41.9 Å². The molecule has 42 heavy (non-hydrogen) atoms. The number of anilines is 3. The van der Waals surface area contributed by atoms with E-state index in [0.717, 1.165) is 38.9 Å². The van der Waals surface area contributed by atoms with Gasteiger partial charge < -0.3 is 15.4 Å². The lowest BCUT2D eigenvalue weighted by molar-refractivity contribution is -0.118. The molecule has 10 heteroatoms. The van der Waals surface area contributed by atoms with Gasteiger partial charge >= 0.3 is 0 Å². The fourth-order valence-electron chi connectivity index (χ4n) is 3.84. The van der Waals surface area contributed by atoms with Crippen LogP contribution in [0.3, 0.4) is 0 Å². The van der Waals surface area contributed by atoms with Gasteiger partial charge in [0, 0.05) is 32.9 Å². The van der Waals surface area contributed by atoms with Gasteiger partial charge in [0.1, 0.15) is 5.75 Å². The molecule has 4 aromatic carbocycles. The summed E-state index contributed by atoms with van der Waals surface area (Å²) in [6, 6.07) is 29.1. The highest BCUT2D eigenvalue weighted by molar-refractivity contribution is 7.14. The zero-order valence-corrected chi connectivity index (χ0v) is 24.1. The van der Waals surface area contributed by atoms with Crippen LogP contribution in [-0.4, -0.2) is 29.6 Å². The van der Waals surface area contributed by atoms with Crippen LogP contribution in [0.2, 0.25) is 5.02 Å². The highest BCUT2D eigenvalue weighted by Gasteiger charge is 2.09. The molecule has 0 atom stereocenters. The molecule has 3 N–H and O–H groups in total. The van der Waals surface area contributed by atoms with Crippen LogP contribution in [0, 0.1) is 6.92 Å². The summed E-state index contributed by atoms with van der Waals surface area (Å²) in [5.41, 5.74) is 8.10. The smallest absolute Gasteiger partial charge is 0.271 e. The number of hydrogen-bond acceptors (Lipinski definition) is 7. The van der Waals surface area contributed by atoms with E-state index in [1.165, 1.54) is 17.6 Å². The molecule has 0 bridgehead atoms. The van der Waals surface area contributed by atoms with Crippen LogP contribution >= 0.6 is 22.9 Å². The molecule has 1 aromatic heterocycles. The normalized spacial score (nSPS) is 10.8. The van der Waals surface area contributed by atoms with Gasteiger partial charge in [0.2, 0.25) is 0 Å². The molecule has 2 amide bonds. The number of rotatable bonds is 10. The molecule has 0 radical (unpaired) electrons. The Morgan fingerprint density at radius 3 is 2.43 bits per heavy atom. The number of hydrogen-bond donors (Lipinski definition) is 3. The van der Waals surface area contributed by atoms with E-state index in [-0.39, 0.29) is 18.4 Å². The third-order valence-corrected chi connectivity index (χ3v) is 7.10. The number of carbonyl (C=O) groups is 2. The molecule has 5 aromatic rings. The first-order valence-electron chi connectivity index (χ1n) is 12.9. The van der Waals surface area contributed by atoms with Gasteiger partial charge in [-0.3, -0.25) is 9.59 Å². The minimum absolute atomic E-state index is 0.111. The fourth-order valence-corrected chi connectivity index (χ4v) is 4.71. The Morgan fingerprint density at radius 2 is 1.69 bits per heavy atom. The van der Waals surface area contributed by atoms with E-state index < -0.39 is 0 Å². The molecule has 0 aliphatic carbocycles. The molecule has 210 valence electrons. The van der Waals surface area contributed by atoms with Crippen molar-refractivity contribution in [3.05, 3.63) is 124 Å². The average Bonchev–Trinajstić information content (AvgIpc) is 3.47. The monoisotopic (exact) mass is 595 g/mol. The van der Waals surface area contributed by atoms with Crippen molar-refractivity contribution < 1.29 is 14.3 Å². The quantitative estimate of drug-likeness (QED) is 0.116. The van der Waals surface area contributed by atoms with E-state index in [1.54, 1.807) is 36.4 Å². The van der Waals surface area contributed by atoms with Crippen molar-refractivity contribution in [1.82, 2.24) is 10.4 Å². The Labute approximate surface area is 252 Å². The second kappa shape index (κ2) is 13.6. The SMILES string of the molecule is Cc1ccccc1NC(=O)COc1ccc(/C=N\NC(=O)c2ccc(-c3csc(Nc4ccc(Cl)cc4)n3)cc2)cc1. The fraction of sp³-hybridized carbons (Fsp3) is 0.0625. The number of hydrazone groups is 1. The van der Waals surface area contributed by atoms with Gasteiger partial charge in [0.05, 0.1) is 11.9 Å². The van der Waals surface area contributed by atoms with E-state index >= 15 is 0 Å². The van der Waals surface area contributed by atoms with Gasteiger partial charge in [0.15, 0.2) is 11.7 Å². The number of aryl methyl sites for hydroxylation is 1. The molecule has 0 aliphatic heterocycles. The molecule has 0 fully saturated rings. The van der Waals surface area contributed by atoms with E-state index in [2.05, 4.69) is 26.1 Å². The van der Waals surface area contributed by atoms with Crippen molar-refractivity contribution in [3.8, 4) is 17.0 Å². The molecular weight excluding hydrogens is 570 g/mol. The van der Waals surface area contributed by atoms with Crippen LogP contribution in [0.4, 0.5) is 16.5 Å². The molecular formula is C32H26ClN5O3S. The van der Waals surface area contributed by atoms with E-state index in [0.29, 0.717) is 16.3 Å². The predicted octanol–water partition coefficient (Wildman–Crippen LogP) is 7.30. The highest BCUT2D eigenvalue weighted by atomic mass is 35.5. The summed E-state index contributed by atoms with van der Waals surface area (Å²) in [6.45, 7) is 1.82. The van der Waals surface area contributed by atoms with Gasteiger partial charge in [0.25, 0.3) is 11.8 Å². The number of halogens is 1. The molecule has 0 aliphatic rings. The van der Waals surface area contributed by atoms with Crippen molar-refractivity contribution in [3.63, 3.8) is 0 Å². The van der Waals surface area contributed by atoms with Crippen LogP contribution in [0.25, 0.3) is 11.3 Å². The molecule has 8 nitrogen and oxygen atoms in total. The third-order valence-electron chi connectivity index (χ3n) is 6.09. The van der Waals surface area contributed by atoms with Crippen LogP contribution in [-0.2, 0) is 4.79 Å². The number of nitrogens with zero attached hydrogens (tertiary/aromatic N) is 2. The zero-order chi connectivity index (χ0) is 29.3. The van der Waals surface area contributed by atoms with Crippen LogP contribution in [0.1, 0.15) is 21.5 Å². The maximum atomic E-state index is 12.6. The van der Waals surface area contributed by atoms with Crippen LogP contribution in [0.5, 0.6) is 5.75 Å². The Morgan fingerprint density at radius 1 is 0.952 bits per heavy atom. The topological polar surface area (TPSA) is 105 Å². The summed E-state index contributed by atoms with van der Waals surface area (Å²) in [4.78, 5) is 29.4. The number of ether oxygens (including phenoxy) is 1. The minimum Gasteiger partial charge on any atom is -0.484 e. The average molecular weight is 596 g/mol. The Hall–Kier alpha value is -4.99. The third kappa shape index (κ3) is 7.81. The largest absolute Gasteiger partial charge is 0.484 e. The number of para-hydroxylation sites is 1. The predicted molar refractivity (Wildman–Crippen MR) is 169 cm³/mol. The van der Waals surface area contributed by atoms with E-state index in [9.17, 15) is 9.59 Å². The lowest BCUT2D eigenvalue weighted by Gasteiger charge is -2.09. The van der Waals surface area contributed by atoms with E-state index in [1.807, 2.05) is 73.0 Å². The summed E-state index contributed by atoms with van der Waals surface area (Å²) in [5, 5.41) is 13.5. The van der Waals surface area contributed by atoms with Gasteiger partial charge in [-0.25, -0.2) is 10.4 Å². The number of carbonyl (C=O) groups excluding carboxylic acids is 2. The summed E-state index contributed by atoms with van der Waals surface area (Å²) in [5.74, 6) is -0.0295. The van der Waals surface area contributed by atoms with E-state index in [4.69, 9.17) is 16.3 Å². The van der Waals surface area contributed by atoms with Crippen molar-refractivity contribution >= 4 is 57.5 Å². The lowest BCUT2D eigenvalue weighted by atomic mass is 10.1. The first-order valence-corrected chi connectivity index (χ1v) is 14.2. The molecule has 0 saturated heterocycles. The second-order valence-electron chi connectivity index (χ2n) is 9.17. The molecule has 0 unspecified atom stereocenters. The number of aromatic nitrogens is 1. The van der Waals surface area contributed by atoms with Crippen molar-refractivity contribution in [2.75, 3.05) is 17.2 Å². The summed E-state index contributed by atoms with van der Waals surface area (Å²) in [6.07, 6.45) is 1.53. The number of thiazole rings is 1. The van der Waals surface area contributed by atoms with Crippen molar-refractivity contribution in [2.24, 2.45) is 5.10 Å². The first-order chi connectivity index (χ1) is 20.4. The highest BCUT2D eigenvalue weighted by Crippen LogP contribution is 2.28. The molecule has 0 saturated carbocycles. The molecule has 0 spiro atoms. The molecule has 5 rings (SSSR count). The van der Waals surface area contributed by atoms with Gasteiger partial charge in [-0.15, -0.1) is 11.3 Å². The van der Waals surface area contributed by atoms with Crippen molar-refractivity contribution in [1.29, 1.82) is 0 Å². The Balaban J connectivity index is 1.08. The van der Waals surface area contributed by atoms with Gasteiger partial charge in [-0.05, 0) is 84.8 Å². The maximum absolute atomic E-state index is 12.6. The maximum Gasteiger partial charge on any atom is 0.271 e. The summed E-state index contributed by atoms with van der Waals surface area (Å²) in [7, 11) is 0. The Kier molecular flexibility index (Phi) is 9.23. The summed E-state index contributed by atoms with van der Waals surface area (Å²) >= 11 is 7.43.